The molecule has 0 spiro atoms. The number of thioether (sulfide) groups is 1. The van der Waals surface area contributed by atoms with Gasteiger partial charge in [-0.3, -0.25) is 9.79 Å². The van der Waals surface area contributed by atoms with Crippen LogP contribution in [0.25, 0.3) is 0 Å². The molecule has 1 aromatic carbocycles. The van der Waals surface area contributed by atoms with Crippen molar-refractivity contribution in [2.24, 2.45) is 4.99 Å². The summed E-state index contributed by atoms with van der Waals surface area (Å²) in [4.78, 5) is 16.1. The van der Waals surface area contributed by atoms with Gasteiger partial charge in [-0.05, 0) is 30.7 Å². The fraction of sp³-hybridized carbons (Fsp3) is 0.500. The highest BCUT2D eigenvalue weighted by molar-refractivity contribution is 14.0. The summed E-state index contributed by atoms with van der Waals surface area (Å²) in [6.07, 6.45) is 2.59. The molecule has 1 fully saturated rings. The summed E-state index contributed by atoms with van der Waals surface area (Å²) >= 11 is 2.02. The number of hydrogen-bond acceptors (Lipinski definition) is 3. The molecule has 7 heteroatoms. The SMILES string of the molecule is CN=C(NCCNC(=O)c1ccccc1)NCC1CCCS1.I. The minimum atomic E-state index is -0.0484. The van der Waals surface area contributed by atoms with Gasteiger partial charge in [-0.2, -0.15) is 11.8 Å². The Labute approximate surface area is 159 Å². The average molecular weight is 448 g/mol. The number of amides is 1. The molecule has 1 heterocycles. The Bertz CT molecular complexity index is 492. The fourth-order valence-electron chi connectivity index (χ4n) is 2.28. The number of aliphatic imine (C=N–C) groups is 1. The van der Waals surface area contributed by atoms with E-state index in [0.29, 0.717) is 23.9 Å². The lowest BCUT2D eigenvalue weighted by Gasteiger charge is -2.15. The van der Waals surface area contributed by atoms with Crippen molar-refractivity contribution in [2.75, 3.05) is 32.4 Å². The highest BCUT2D eigenvalue weighted by Crippen LogP contribution is 2.25. The minimum Gasteiger partial charge on any atom is -0.355 e. The molecule has 23 heavy (non-hydrogen) atoms. The van der Waals surface area contributed by atoms with Gasteiger partial charge in [0.1, 0.15) is 0 Å². The third kappa shape index (κ3) is 7.43. The summed E-state index contributed by atoms with van der Waals surface area (Å²) < 4.78 is 0. The van der Waals surface area contributed by atoms with E-state index in [-0.39, 0.29) is 29.9 Å². The third-order valence-electron chi connectivity index (χ3n) is 3.48. The second kappa shape index (κ2) is 11.6. The molecule has 0 aliphatic carbocycles. The van der Waals surface area contributed by atoms with E-state index in [0.717, 1.165) is 12.5 Å². The Balaban J connectivity index is 0.00000264. The van der Waals surface area contributed by atoms with E-state index in [2.05, 4.69) is 20.9 Å². The van der Waals surface area contributed by atoms with Crippen molar-refractivity contribution < 1.29 is 4.79 Å². The normalized spacial score (nSPS) is 17.3. The van der Waals surface area contributed by atoms with Crippen LogP contribution in [0.1, 0.15) is 23.2 Å². The zero-order valence-corrected chi connectivity index (χ0v) is 16.5. The smallest absolute Gasteiger partial charge is 0.251 e. The summed E-state index contributed by atoms with van der Waals surface area (Å²) in [6, 6.07) is 9.24. The summed E-state index contributed by atoms with van der Waals surface area (Å²) in [5.41, 5.74) is 0.684. The second-order valence-electron chi connectivity index (χ2n) is 5.14. The lowest BCUT2D eigenvalue weighted by molar-refractivity contribution is 0.0954. The summed E-state index contributed by atoms with van der Waals surface area (Å²) in [5, 5.41) is 10.1. The molecule has 1 amide bonds. The first-order valence-electron chi connectivity index (χ1n) is 7.69. The van der Waals surface area contributed by atoms with Gasteiger partial charge in [0.2, 0.25) is 0 Å². The van der Waals surface area contributed by atoms with Crippen LogP contribution in [0, 0.1) is 0 Å². The monoisotopic (exact) mass is 448 g/mol. The molecule has 0 saturated carbocycles. The Morgan fingerprint density at radius 2 is 1.96 bits per heavy atom. The Hall–Kier alpha value is -0.960. The van der Waals surface area contributed by atoms with Crippen molar-refractivity contribution in [2.45, 2.75) is 18.1 Å². The van der Waals surface area contributed by atoms with Crippen molar-refractivity contribution in [1.82, 2.24) is 16.0 Å². The summed E-state index contributed by atoms with van der Waals surface area (Å²) in [7, 11) is 1.76. The van der Waals surface area contributed by atoms with Crippen molar-refractivity contribution in [3.63, 3.8) is 0 Å². The number of nitrogens with zero attached hydrogens (tertiary/aromatic N) is 1. The third-order valence-corrected chi connectivity index (χ3v) is 4.88. The van der Waals surface area contributed by atoms with E-state index in [4.69, 9.17) is 0 Å². The number of rotatable bonds is 6. The zero-order chi connectivity index (χ0) is 15.6. The van der Waals surface area contributed by atoms with Crippen LogP contribution in [0.15, 0.2) is 35.3 Å². The predicted octanol–water partition coefficient (Wildman–Crippen LogP) is 2.09. The molecule has 1 aliphatic rings. The van der Waals surface area contributed by atoms with E-state index in [9.17, 15) is 4.79 Å². The minimum absolute atomic E-state index is 0. The average Bonchev–Trinajstić information content (AvgIpc) is 3.08. The van der Waals surface area contributed by atoms with Gasteiger partial charge in [0.05, 0.1) is 0 Å². The second-order valence-corrected chi connectivity index (χ2v) is 6.55. The number of halogens is 1. The van der Waals surface area contributed by atoms with Crippen LogP contribution >= 0.6 is 35.7 Å². The van der Waals surface area contributed by atoms with E-state index in [1.807, 2.05) is 42.1 Å². The molecule has 0 bridgehead atoms. The van der Waals surface area contributed by atoms with Crippen LogP contribution in [0.2, 0.25) is 0 Å². The first kappa shape index (κ1) is 20.1. The molecule has 1 atom stereocenters. The molecular weight excluding hydrogens is 423 g/mol. The van der Waals surface area contributed by atoms with Gasteiger partial charge >= 0.3 is 0 Å². The first-order valence-corrected chi connectivity index (χ1v) is 8.74. The molecule has 0 aromatic heterocycles. The zero-order valence-electron chi connectivity index (χ0n) is 13.4. The maximum atomic E-state index is 11.9. The molecule has 1 aliphatic heterocycles. The topological polar surface area (TPSA) is 65.5 Å². The Morgan fingerprint density at radius 1 is 1.22 bits per heavy atom. The maximum Gasteiger partial charge on any atom is 0.251 e. The highest BCUT2D eigenvalue weighted by Gasteiger charge is 2.15. The number of nitrogens with one attached hydrogen (secondary N) is 3. The molecule has 5 nitrogen and oxygen atoms in total. The van der Waals surface area contributed by atoms with Crippen molar-refractivity contribution in [3.8, 4) is 0 Å². The number of carbonyl (C=O) groups excluding carboxylic acids is 1. The lowest BCUT2D eigenvalue weighted by atomic mass is 10.2. The van der Waals surface area contributed by atoms with E-state index < -0.39 is 0 Å². The maximum absolute atomic E-state index is 11.9. The number of carbonyl (C=O) groups is 1. The quantitative estimate of drug-likeness (QED) is 0.270. The largest absolute Gasteiger partial charge is 0.355 e. The van der Waals surface area contributed by atoms with Crippen LogP contribution < -0.4 is 16.0 Å². The number of benzene rings is 1. The Kier molecular flexibility index (Phi) is 10.1. The van der Waals surface area contributed by atoms with Crippen molar-refractivity contribution in [1.29, 1.82) is 0 Å². The lowest BCUT2D eigenvalue weighted by Crippen LogP contribution is -2.43. The predicted molar refractivity (Wildman–Crippen MR) is 109 cm³/mol. The number of guanidine groups is 1. The molecule has 1 aromatic rings. The first-order chi connectivity index (χ1) is 10.8. The molecule has 2 rings (SSSR count). The van der Waals surface area contributed by atoms with Crippen LogP contribution in [0.5, 0.6) is 0 Å². The van der Waals surface area contributed by atoms with Crippen LogP contribution in [0.4, 0.5) is 0 Å². The van der Waals surface area contributed by atoms with Crippen LogP contribution in [0.3, 0.4) is 0 Å². The molecular formula is C16H25IN4OS. The molecule has 1 saturated heterocycles. The van der Waals surface area contributed by atoms with Gasteiger partial charge in [0.15, 0.2) is 5.96 Å². The van der Waals surface area contributed by atoms with Gasteiger partial charge in [-0.25, -0.2) is 0 Å². The van der Waals surface area contributed by atoms with Gasteiger partial charge < -0.3 is 16.0 Å². The number of hydrogen-bond donors (Lipinski definition) is 3. The molecule has 3 N–H and O–H groups in total. The van der Waals surface area contributed by atoms with Gasteiger partial charge in [0.25, 0.3) is 5.91 Å². The van der Waals surface area contributed by atoms with E-state index in [1.54, 1.807) is 7.05 Å². The van der Waals surface area contributed by atoms with Crippen molar-refractivity contribution in [3.05, 3.63) is 35.9 Å². The van der Waals surface area contributed by atoms with Crippen LogP contribution in [-0.2, 0) is 0 Å². The highest BCUT2D eigenvalue weighted by atomic mass is 127. The van der Waals surface area contributed by atoms with Crippen LogP contribution in [-0.4, -0.2) is 49.6 Å². The molecule has 128 valence electrons. The van der Waals surface area contributed by atoms with E-state index in [1.165, 1.54) is 18.6 Å². The molecule has 1 unspecified atom stereocenters. The van der Waals surface area contributed by atoms with Gasteiger partial charge in [-0.1, -0.05) is 18.2 Å². The molecule has 0 radical (unpaired) electrons. The standard InChI is InChI=1S/C16H24N4OS.HI/c1-17-16(20-12-14-8-5-11-22-14)19-10-9-18-15(21)13-6-3-2-4-7-13;/h2-4,6-7,14H,5,8-12H2,1H3,(H,18,21)(H2,17,19,20);1H. The Morgan fingerprint density at radius 3 is 2.61 bits per heavy atom. The van der Waals surface area contributed by atoms with E-state index >= 15 is 0 Å². The fourth-order valence-corrected chi connectivity index (χ4v) is 3.49. The van der Waals surface area contributed by atoms with Crippen molar-refractivity contribution >= 4 is 47.6 Å². The summed E-state index contributed by atoms with van der Waals surface area (Å²) in [5.74, 6) is 2.01. The summed E-state index contributed by atoms with van der Waals surface area (Å²) in [6.45, 7) is 2.16. The van der Waals surface area contributed by atoms with Gasteiger partial charge in [0, 0.05) is 37.5 Å². The van der Waals surface area contributed by atoms with Gasteiger partial charge in [-0.15, -0.1) is 24.0 Å².